The molecule has 1 aromatic rings. The maximum absolute atomic E-state index is 12.2. The maximum Gasteiger partial charge on any atom is 0.165 e. The van der Waals surface area contributed by atoms with Crippen molar-refractivity contribution in [1.82, 2.24) is 0 Å². The van der Waals surface area contributed by atoms with Crippen LogP contribution in [0.4, 0.5) is 0 Å². The molecule has 1 rings (SSSR count). The van der Waals surface area contributed by atoms with E-state index in [0.29, 0.717) is 0 Å². The van der Waals surface area contributed by atoms with Crippen LogP contribution in [-0.4, -0.2) is 5.78 Å². The first-order valence-electron chi connectivity index (χ1n) is 6.15. The lowest BCUT2D eigenvalue weighted by Gasteiger charge is -2.13. The van der Waals surface area contributed by atoms with Crippen molar-refractivity contribution in [1.29, 1.82) is 0 Å². The highest BCUT2D eigenvalue weighted by atomic mass is 16.1. The van der Waals surface area contributed by atoms with Crippen LogP contribution in [0, 0.1) is 12.8 Å². The Kier molecular flexibility index (Phi) is 5.24. The van der Waals surface area contributed by atoms with E-state index in [-0.39, 0.29) is 11.7 Å². The van der Waals surface area contributed by atoms with Gasteiger partial charge in [0.05, 0.1) is 0 Å². The van der Waals surface area contributed by atoms with Crippen LogP contribution in [0.15, 0.2) is 24.3 Å². The van der Waals surface area contributed by atoms with E-state index in [2.05, 4.69) is 20.8 Å². The number of carbonyl (C=O) groups excluding carboxylic acids is 1. The summed E-state index contributed by atoms with van der Waals surface area (Å²) >= 11 is 0. The fraction of sp³-hybridized carbons (Fsp3) is 0.467. The maximum atomic E-state index is 12.2. The largest absolute Gasteiger partial charge is 0.294 e. The van der Waals surface area contributed by atoms with E-state index in [9.17, 15) is 4.79 Å². The van der Waals surface area contributed by atoms with Crippen molar-refractivity contribution in [3.05, 3.63) is 42.3 Å². The summed E-state index contributed by atoms with van der Waals surface area (Å²) in [4.78, 5) is 12.2. The number of hydrogen-bond acceptors (Lipinski definition) is 1. The quantitative estimate of drug-likeness (QED) is 0.650. The molecule has 87 valence electrons. The predicted octanol–water partition coefficient (Wildman–Crippen LogP) is 4.27. The van der Waals surface area contributed by atoms with Gasteiger partial charge < -0.3 is 0 Å². The molecule has 0 saturated carbocycles. The second kappa shape index (κ2) is 6.47. The Labute approximate surface area is 98.9 Å². The van der Waals surface area contributed by atoms with Gasteiger partial charge in [0.2, 0.25) is 0 Å². The molecular weight excluding hydrogens is 196 g/mol. The zero-order valence-corrected chi connectivity index (χ0v) is 10.3. The van der Waals surface area contributed by atoms with Crippen molar-refractivity contribution in [3.63, 3.8) is 0 Å². The fourth-order valence-corrected chi connectivity index (χ4v) is 1.88. The molecule has 16 heavy (non-hydrogen) atoms. The lowest BCUT2D eigenvalue weighted by molar-refractivity contribution is 0.0908. The predicted molar refractivity (Wildman–Crippen MR) is 68.5 cm³/mol. The van der Waals surface area contributed by atoms with Crippen molar-refractivity contribution >= 4 is 5.78 Å². The van der Waals surface area contributed by atoms with E-state index in [1.807, 2.05) is 24.3 Å². The average Bonchev–Trinajstić information content (AvgIpc) is 2.30. The highest BCUT2D eigenvalue weighted by Gasteiger charge is 2.17. The number of carbonyl (C=O) groups is 1. The van der Waals surface area contributed by atoms with Gasteiger partial charge in [-0.2, -0.15) is 0 Å². The van der Waals surface area contributed by atoms with Crippen LogP contribution in [0.1, 0.15) is 55.5 Å². The van der Waals surface area contributed by atoms with Crippen LogP contribution in [0.25, 0.3) is 0 Å². The molecule has 0 aliphatic rings. The monoisotopic (exact) mass is 217 g/mol. The third-order valence-electron chi connectivity index (χ3n) is 3.01. The number of unbranched alkanes of at least 4 members (excludes halogenated alkanes) is 1. The molecule has 0 saturated heterocycles. The number of hydrogen-bond donors (Lipinski definition) is 0. The third-order valence-corrected chi connectivity index (χ3v) is 3.01. The van der Waals surface area contributed by atoms with Gasteiger partial charge in [0.15, 0.2) is 5.78 Å². The standard InChI is InChI=1S/C15H21O/c1-4-6-7-13(5-2)15(16)14-10-8-12(3)9-11-14/h8-11,13H,3-7H2,1-2H3. The summed E-state index contributed by atoms with van der Waals surface area (Å²) in [5.41, 5.74) is 1.79. The van der Waals surface area contributed by atoms with Gasteiger partial charge >= 0.3 is 0 Å². The zero-order valence-electron chi connectivity index (χ0n) is 10.3. The minimum atomic E-state index is 0.190. The van der Waals surface area contributed by atoms with E-state index in [4.69, 9.17) is 0 Å². The first kappa shape index (κ1) is 13.0. The molecule has 0 amide bonds. The van der Waals surface area contributed by atoms with E-state index in [1.165, 1.54) is 0 Å². The normalized spacial score (nSPS) is 12.4. The van der Waals surface area contributed by atoms with Crippen LogP contribution in [0.5, 0.6) is 0 Å². The summed E-state index contributed by atoms with van der Waals surface area (Å²) in [7, 11) is 0. The molecule has 0 heterocycles. The first-order valence-corrected chi connectivity index (χ1v) is 6.15. The van der Waals surface area contributed by atoms with E-state index in [0.717, 1.165) is 36.8 Å². The summed E-state index contributed by atoms with van der Waals surface area (Å²) in [6.45, 7) is 8.08. The topological polar surface area (TPSA) is 17.1 Å². The van der Waals surface area contributed by atoms with Crippen molar-refractivity contribution < 1.29 is 4.79 Å². The van der Waals surface area contributed by atoms with Gasteiger partial charge in [0, 0.05) is 11.5 Å². The summed E-state index contributed by atoms with van der Waals surface area (Å²) in [5.74, 6) is 0.478. The Morgan fingerprint density at radius 2 is 1.88 bits per heavy atom. The summed E-state index contributed by atoms with van der Waals surface area (Å²) in [5, 5.41) is 0. The molecule has 0 bridgehead atoms. The van der Waals surface area contributed by atoms with E-state index < -0.39 is 0 Å². The molecule has 1 atom stereocenters. The highest BCUT2D eigenvalue weighted by molar-refractivity contribution is 5.97. The second-order valence-corrected chi connectivity index (χ2v) is 4.31. The second-order valence-electron chi connectivity index (χ2n) is 4.31. The Morgan fingerprint density at radius 1 is 1.25 bits per heavy atom. The molecule has 1 radical (unpaired) electrons. The number of Topliss-reactive ketones (excluding diaryl/α,β-unsaturated/α-hetero) is 1. The Bertz CT molecular complexity index is 324. The lowest BCUT2D eigenvalue weighted by Crippen LogP contribution is -2.13. The van der Waals surface area contributed by atoms with Crippen LogP contribution in [0.3, 0.4) is 0 Å². The van der Waals surface area contributed by atoms with Crippen molar-refractivity contribution in [3.8, 4) is 0 Å². The molecule has 1 unspecified atom stereocenters. The molecular formula is C15H21O. The molecule has 1 heteroatoms. The Balaban J connectivity index is 2.70. The molecule has 0 aliphatic carbocycles. The van der Waals surface area contributed by atoms with Gasteiger partial charge in [-0.05, 0) is 25.3 Å². The summed E-state index contributed by atoms with van der Waals surface area (Å²) in [6.07, 6.45) is 4.24. The summed E-state index contributed by atoms with van der Waals surface area (Å²) in [6, 6.07) is 7.58. The molecule has 0 aromatic heterocycles. The van der Waals surface area contributed by atoms with Crippen LogP contribution >= 0.6 is 0 Å². The van der Waals surface area contributed by atoms with Gasteiger partial charge in [0.1, 0.15) is 0 Å². The molecule has 1 nitrogen and oxygen atoms in total. The number of ketones is 1. The smallest absolute Gasteiger partial charge is 0.165 e. The van der Waals surface area contributed by atoms with Crippen molar-refractivity contribution in [2.24, 2.45) is 5.92 Å². The molecule has 0 fully saturated rings. The summed E-state index contributed by atoms with van der Waals surface area (Å²) < 4.78 is 0. The van der Waals surface area contributed by atoms with E-state index in [1.54, 1.807) is 0 Å². The Morgan fingerprint density at radius 3 is 2.38 bits per heavy atom. The lowest BCUT2D eigenvalue weighted by atomic mass is 9.90. The first-order chi connectivity index (χ1) is 7.69. The number of benzene rings is 1. The molecule has 0 spiro atoms. The van der Waals surface area contributed by atoms with Crippen LogP contribution in [0.2, 0.25) is 0 Å². The van der Waals surface area contributed by atoms with Gasteiger partial charge in [-0.1, -0.05) is 51.0 Å². The minimum absolute atomic E-state index is 0.190. The van der Waals surface area contributed by atoms with Gasteiger partial charge in [0.25, 0.3) is 0 Å². The van der Waals surface area contributed by atoms with Gasteiger partial charge in [-0.3, -0.25) is 4.79 Å². The van der Waals surface area contributed by atoms with Crippen molar-refractivity contribution in [2.45, 2.75) is 39.5 Å². The average molecular weight is 217 g/mol. The molecule has 1 aromatic carbocycles. The van der Waals surface area contributed by atoms with Gasteiger partial charge in [-0.25, -0.2) is 0 Å². The SMILES string of the molecule is [CH2]c1ccc(C(=O)C(CC)CCCC)cc1. The molecule has 0 N–H and O–H groups in total. The minimum Gasteiger partial charge on any atom is -0.294 e. The van der Waals surface area contributed by atoms with E-state index >= 15 is 0 Å². The fourth-order valence-electron chi connectivity index (χ4n) is 1.88. The Hall–Kier alpha value is -1.11. The number of rotatable bonds is 6. The zero-order chi connectivity index (χ0) is 12.0. The van der Waals surface area contributed by atoms with Crippen LogP contribution < -0.4 is 0 Å². The van der Waals surface area contributed by atoms with Gasteiger partial charge in [-0.15, -0.1) is 0 Å². The highest BCUT2D eigenvalue weighted by Crippen LogP contribution is 2.18. The van der Waals surface area contributed by atoms with Crippen LogP contribution in [-0.2, 0) is 0 Å². The molecule has 0 aliphatic heterocycles. The third kappa shape index (κ3) is 3.48. The van der Waals surface area contributed by atoms with Crippen molar-refractivity contribution in [2.75, 3.05) is 0 Å².